The molecule has 4 aromatic rings. The molecular formula is C22H16N7NaO6S. The third kappa shape index (κ3) is 6.07. The first-order chi connectivity index (χ1) is 17.0. The van der Waals surface area contributed by atoms with Crippen molar-refractivity contribution in [1.82, 2.24) is 0 Å². The van der Waals surface area contributed by atoms with Crippen LogP contribution in [0.25, 0.3) is 10.8 Å². The summed E-state index contributed by atoms with van der Waals surface area (Å²) in [5.74, 6) is -0.325. The third-order valence-corrected chi connectivity index (χ3v) is 5.90. The number of hydrogen-bond acceptors (Lipinski definition) is 12. The van der Waals surface area contributed by atoms with Crippen molar-refractivity contribution in [3.05, 3.63) is 76.8 Å². The molecule has 4 rings (SSSR count). The topological polar surface area (TPSA) is 222 Å². The van der Waals surface area contributed by atoms with Crippen molar-refractivity contribution in [3.8, 4) is 5.75 Å². The van der Waals surface area contributed by atoms with E-state index in [1.165, 1.54) is 36.4 Å². The molecule has 37 heavy (non-hydrogen) atoms. The number of phenolic OH excluding ortho intramolecular Hbond substituents is 1. The predicted molar refractivity (Wildman–Crippen MR) is 130 cm³/mol. The molecule has 0 radical (unpaired) electrons. The Morgan fingerprint density at radius 2 is 1.32 bits per heavy atom. The van der Waals surface area contributed by atoms with E-state index in [2.05, 4.69) is 20.5 Å². The number of nitrogens with zero attached hydrogens (tertiary/aromatic N) is 5. The summed E-state index contributed by atoms with van der Waals surface area (Å²) in [5, 5.41) is 37.5. The number of non-ortho nitro benzene ring substituents is 1. The molecule has 0 fully saturated rings. The number of rotatable bonds is 6. The molecular weight excluding hydrogens is 513 g/mol. The fraction of sp³-hybridized carbons (Fsp3) is 0. The Morgan fingerprint density at radius 3 is 1.95 bits per heavy atom. The van der Waals surface area contributed by atoms with Gasteiger partial charge in [-0.25, -0.2) is 8.42 Å². The first kappa shape index (κ1) is 27.6. The maximum Gasteiger partial charge on any atom is 1.00 e. The molecule has 5 N–H and O–H groups in total. The van der Waals surface area contributed by atoms with Gasteiger partial charge in [0.15, 0.2) is 0 Å². The second kappa shape index (κ2) is 11.0. The van der Waals surface area contributed by atoms with E-state index in [0.717, 1.165) is 18.2 Å². The summed E-state index contributed by atoms with van der Waals surface area (Å²) in [6.45, 7) is 0. The maximum absolute atomic E-state index is 11.6. The van der Waals surface area contributed by atoms with Gasteiger partial charge in [-0.2, -0.15) is 0 Å². The zero-order valence-electron chi connectivity index (χ0n) is 19.1. The number of benzene rings is 4. The molecule has 0 aliphatic heterocycles. The number of fused-ring (bicyclic) bond motifs is 1. The molecule has 0 saturated carbocycles. The largest absolute Gasteiger partial charge is 1.00 e. The Bertz CT molecular complexity index is 1690. The van der Waals surface area contributed by atoms with E-state index in [1.54, 1.807) is 12.1 Å². The molecule has 0 heterocycles. The van der Waals surface area contributed by atoms with Gasteiger partial charge in [-0.1, -0.05) is 24.3 Å². The average molecular weight is 529 g/mol. The van der Waals surface area contributed by atoms with Crippen LogP contribution in [0.1, 0.15) is 0 Å². The minimum atomic E-state index is -4.70. The van der Waals surface area contributed by atoms with Crippen LogP contribution >= 0.6 is 0 Å². The van der Waals surface area contributed by atoms with Gasteiger partial charge in [0.1, 0.15) is 32.9 Å². The van der Waals surface area contributed by atoms with Crippen LogP contribution in [0.3, 0.4) is 0 Å². The van der Waals surface area contributed by atoms with Gasteiger partial charge < -0.3 is 21.1 Å². The quantitative estimate of drug-likeness (QED) is 0.0837. The standard InChI is InChI=1S/C22H17N7O6S.Na/c23-15-10-16(24)19(27-28-20-9-12(29(31)32)7-8-21(20)30)11-18(15)26-25-17-5-1-4-14-13(17)3-2-6-22(14)36(33,34)35;/h1-11,30H,23-24H2,(H,33,34,35);/q;+1/p-1/b26-25+,28-27+;. The van der Waals surface area contributed by atoms with Crippen LogP contribution in [0.4, 0.5) is 39.8 Å². The maximum atomic E-state index is 11.6. The van der Waals surface area contributed by atoms with Gasteiger partial charge in [0.25, 0.3) is 5.69 Å². The van der Waals surface area contributed by atoms with Crippen LogP contribution in [0.2, 0.25) is 0 Å². The third-order valence-electron chi connectivity index (χ3n) is 5.01. The SMILES string of the molecule is Nc1cc(N)c(/N=N/c2cccc3c(S(=O)(=O)[O-])cccc23)cc1/N=N/c1cc([N+](=O)[O-])ccc1O.[Na+]. The van der Waals surface area contributed by atoms with Crippen molar-refractivity contribution in [2.45, 2.75) is 4.90 Å². The summed E-state index contributed by atoms with van der Waals surface area (Å²) in [4.78, 5) is 9.94. The van der Waals surface area contributed by atoms with Crippen molar-refractivity contribution in [3.63, 3.8) is 0 Å². The Hall–Kier alpha value is -3.95. The van der Waals surface area contributed by atoms with Crippen molar-refractivity contribution < 1.29 is 52.6 Å². The van der Waals surface area contributed by atoms with E-state index in [0.29, 0.717) is 5.39 Å². The summed E-state index contributed by atoms with van der Waals surface area (Å²) in [5.41, 5.74) is 12.3. The van der Waals surface area contributed by atoms with E-state index >= 15 is 0 Å². The van der Waals surface area contributed by atoms with Crippen molar-refractivity contribution in [2.75, 3.05) is 11.5 Å². The van der Waals surface area contributed by atoms with E-state index in [-0.39, 0.29) is 85.4 Å². The van der Waals surface area contributed by atoms with Crippen LogP contribution in [0.15, 0.2) is 92.1 Å². The van der Waals surface area contributed by atoms with Crippen molar-refractivity contribution in [2.24, 2.45) is 20.5 Å². The number of nitro benzene ring substituents is 1. The molecule has 4 aromatic carbocycles. The number of nitrogen functional groups attached to an aromatic ring is 2. The Kier molecular flexibility index (Phi) is 8.20. The van der Waals surface area contributed by atoms with E-state index in [1.807, 2.05) is 0 Å². The van der Waals surface area contributed by atoms with Crippen LogP contribution in [0.5, 0.6) is 5.75 Å². The predicted octanol–water partition coefficient (Wildman–Crippen LogP) is 2.36. The monoisotopic (exact) mass is 529 g/mol. The zero-order valence-corrected chi connectivity index (χ0v) is 22.0. The van der Waals surface area contributed by atoms with Crippen LogP contribution in [-0.2, 0) is 10.1 Å². The van der Waals surface area contributed by atoms with Crippen LogP contribution < -0.4 is 41.0 Å². The number of nitrogens with two attached hydrogens (primary N) is 2. The molecule has 0 aliphatic rings. The van der Waals surface area contributed by atoms with Gasteiger partial charge >= 0.3 is 29.6 Å². The summed E-state index contributed by atoms with van der Waals surface area (Å²) < 4.78 is 34.7. The molecule has 13 nitrogen and oxygen atoms in total. The molecule has 0 bridgehead atoms. The molecule has 15 heteroatoms. The summed E-state index contributed by atoms with van der Waals surface area (Å²) in [7, 11) is -4.70. The van der Waals surface area contributed by atoms with Gasteiger partial charge in [0.05, 0.1) is 26.9 Å². The number of aromatic hydroxyl groups is 1. The molecule has 0 spiro atoms. The van der Waals surface area contributed by atoms with E-state index < -0.39 is 15.0 Å². The smallest absolute Gasteiger partial charge is 0.744 e. The Morgan fingerprint density at radius 1 is 0.757 bits per heavy atom. The van der Waals surface area contributed by atoms with Gasteiger partial charge in [-0.05, 0) is 30.3 Å². The van der Waals surface area contributed by atoms with Crippen LogP contribution in [-0.4, -0.2) is 23.0 Å². The molecule has 0 atom stereocenters. The second-order valence-corrected chi connectivity index (χ2v) is 8.73. The minimum absolute atomic E-state index is 0. The number of anilines is 2. The fourth-order valence-electron chi connectivity index (χ4n) is 3.28. The molecule has 0 amide bonds. The van der Waals surface area contributed by atoms with Gasteiger partial charge in [0, 0.05) is 22.9 Å². The van der Waals surface area contributed by atoms with E-state index in [4.69, 9.17) is 11.5 Å². The summed E-state index contributed by atoms with van der Waals surface area (Å²) in [6, 6.07) is 14.8. The fourth-order valence-corrected chi connectivity index (χ4v) is 3.97. The molecule has 0 unspecified atom stereocenters. The minimum Gasteiger partial charge on any atom is -0.744 e. The Labute approximate surface area is 231 Å². The number of azo groups is 2. The van der Waals surface area contributed by atoms with Gasteiger partial charge in [0.2, 0.25) is 0 Å². The molecule has 0 aromatic heterocycles. The first-order valence-electron chi connectivity index (χ1n) is 10.0. The number of hydrogen-bond donors (Lipinski definition) is 3. The molecule has 182 valence electrons. The van der Waals surface area contributed by atoms with Crippen molar-refractivity contribution >= 4 is 60.7 Å². The second-order valence-electron chi connectivity index (χ2n) is 7.38. The molecule has 0 saturated heterocycles. The Balaban J connectivity index is 0.00000380. The zero-order chi connectivity index (χ0) is 26.0. The molecule has 0 aliphatic carbocycles. The summed E-state index contributed by atoms with van der Waals surface area (Å²) >= 11 is 0. The average Bonchev–Trinajstić information content (AvgIpc) is 2.82. The number of phenols is 1. The number of nitro groups is 1. The van der Waals surface area contributed by atoms with Crippen LogP contribution in [0, 0.1) is 10.1 Å². The van der Waals surface area contributed by atoms with E-state index in [9.17, 15) is 28.2 Å². The first-order valence-corrected chi connectivity index (χ1v) is 11.4. The van der Waals surface area contributed by atoms with Gasteiger partial charge in [-0.3, -0.25) is 10.1 Å². The van der Waals surface area contributed by atoms with Crippen molar-refractivity contribution in [1.29, 1.82) is 0 Å². The van der Waals surface area contributed by atoms with Gasteiger partial charge in [-0.15, -0.1) is 20.5 Å². The normalized spacial score (nSPS) is 11.7. The summed E-state index contributed by atoms with van der Waals surface area (Å²) in [6.07, 6.45) is 0.